The van der Waals surface area contributed by atoms with Crippen LogP contribution in [0.25, 0.3) is 82.1 Å². The number of hydrogen-bond donors (Lipinski definition) is 0. The zero-order valence-electron chi connectivity index (χ0n) is 23.5. The molecule has 1 heteroatoms. The van der Waals surface area contributed by atoms with Crippen LogP contribution in [0.2, 0.25) is 0 Å². The Bertz CT molecular complexity index is 2480. The van der Waals surface area contributed by atoms with Gasteiger partial charge in [-0.2, -0.15) is 0 Å². The maximum Gasteiger partial charge on any atom is 0.0626 e. The van der Waals surface area contributed by atoms with E-state index < -0.39 is 0 Å². The summed E-state index contributed by atoms with van der Waals surface area (Å²) in [5, 5.41) is 10.3. The molecule has 1 nitrogen and oxygen atoms in total. The molecular weight excluding hydrogens is 518 g/mol. The van der Waals surface area contributed by atoms with Gasteiger partial charge in [0.15, 0.2) is 0 Å². The van der Waals surface area contributed by atoms with E-state index in [1.807, 2.05) is 0 Å². The number of rotatable bonds is 3. The molecule has 0 saturated heterocycles. The van der Waals surface area contributed by atoms with Gasteiger partial charge in [0, 0.05) is 27.2 Å². The summed E-state index contributed by atoms with van der Waals surface area (Å²) >= 11 is 0. The van der Waals surface area contributed by atoms with Crippen molar-refractivity contribution in [3.8, 4) is 27.9 Å². The maximum atomic E-state index is 2.46. The molecule has 200 valence electrons. The lowest BCUT2D eigenvalue weighted by Crippen LogP contribution is -1.95. The summed E-state index contributed by atoms with van der Waals surface area (Å²) in [5.41, 5.74) is 8.66. The molecule has 0 saturated carbocycles. The molecule has 0 atom stereocenters. The van der Waals surface area contributed by atoms with Crippen molar-refractivity contribution in [2.75, 3.05) is 0 Å². The van der Waals surface area contributed by atoms with Crippen LogP contribution in [0.5, 0.6) is 0 Å². The Morgan fingerprint density at radius 2 is 0.884 bits per heavy atom. The van der Waals surface area contributed by atoms with E-state index in [4.69, 9.17) is 0 Å². The second kappa shape index (κ2) is 9.44. The lowest BCUT2D eigenvalue weighted by Gasteiger charge is -2.18. The molecular formula is C42H27N. The van der Waals surface area contributed by atoms with Crippen LogP contribution in [0.1, 0.15) is 0 Å². The number of nitrogens with zero attached hydrogens (tertiary/aromatic N) is 1. The predicted molar refractivity (Wildman–Crippen MR) is 184 cm³/mol. The van der Waals surface area contributed by atoms with Gasteiger partial charge in [-0.05, 0) is 68.1 Å². The van der Waals surface area contributed by atoms with Gasteiger partial charge >= 0.3 is 0 Å². The summed E-state index contributed by atoms with van der Waals surface area (Å²) in [6.07, 6.45) is 0. The van der Waals surface area contributed by atoms with Crippen molar-refractivity contribution in [2.24, 2.45) is 0 Å². The van der Waals surface area contributed by atoms with Crippen LogP contribution in [-0.2, 0) is 0 Å². The Morgan fingerprint density at radius 3 is 1.65 bits per heavy atom. The van der Waals surface area contributed by atoms with E-state index in [1.165, 1.54) is 82.1 Å². The number of aromatic nitrogens is 1. The second-order valence-corrected chi connectivity index (χ2v) is 11.3. The fourth-order valence-corrected chi connectivity index (χ4v) is 7.19. The van der Waals surface area contributed by atoms with Crippen molar-refractivity contribution in [2.45, 2.75) is 0 Å². The first-order chi connectivity index (χ1) is 21.4. The molecule has 1 heterocycles. The standard InChI is InChI=1S/C42H27N/c1-3-15-28(16-4-1)30-19-7-8-20-31(30)37-27-38-33-22-10-12-24-35(33)42-41(40(38)34-23-11-9-21-32(34)37)36-25-13-14-26-39(36)43(42)29-17-5-2-6-18-29/h1-27H. The first-order valence-corrected chi connectivity index (χ1v) is 14.9. The van der Waals surface area contributed by atoms with Gasteiger partial charge in [0.1, 0.15) is 0 Å². The molecule has 0 unspecified atom stereocenters. The Balaban J connectivity index is 1.53. The maximum absolute atomic E-state index is 2.46. The van der Waals surface area contributed by atoms with Crippen molar-refractivity contribution in [3.05, 3.63) is 164 Å². The highest BCUT2D eigenvalue weighted by atomic mass is 15.0. The zero-order valence-corrected chi connectivity index (χ0v) is 23.5. The van der Waals surface area contributed by atoms with E-state index >= 15 is 0 Å². The smallest absolute Gasteiger partial charge is 0.0626 e. The van der Waals surface area contributed by atoms with Crippen molar-refractivity contribution >= 4 is 54.1 Å². The summed E-state index contributed by atoms with van der Waals surface area (Å²) in [5.74, 6) is 0. The molecule has 0 N–H and O–H groups in total. The minimum Gasteiger partial charge on any atom is -0.309 e. The fraction of sp³-hybridized carbons (Fsp3) is 0. The van der Waals surface area contributed by atoms with Gasteiger partial charge in [0.25, 0.3) is 0 Å². The molecule has 0 aliphatic heterocycles. The average molecular weight is 546 g/mol. The molecule has 0 aliphatic carbocycles. The Kier molecular flexibility index (Phi) is 5.27. The fourth-order valence-electron chi connectivity index (χ4n) is 7.19. The number of hydrogen-bond acceptors (Lipinski definition) is 0. The lowest BCUT2D eigenvalue weighted by molar-refractivity contribution is 1.19. The van der Waals surface area contributed by atoms with E-state index in [2.05, 4.69) is 168 Å². The molecule has 0 fully saturated rings. The van der Waals surface area contributed by atoms with Crippen LogP contribution in [0.15, 0.2) is 164 Å². The van der Waals surface area contributed by atoms with Gasteiger partial charge in [0.05, 0.1) is 11.0 Å². The quantitative estimate of drug-likeness (QED) is 0.195. The van der Waals surface area contributed by atoms with Crippen molar-refractivity contribution in [1.29, 1.82) is 0 Å². The van der Waals surface area contributed by atoms with Gasteiger partial charge < -0.3 is 4.57 Å². The molecule has 8 aromatic carbocycles. The zero-order chi connectivity index (χ0) is 28.3. The predicted octanol–water partition coefficient (Wildman–Crippen LogP) is 11.6. The van der Waals surface area contributed by atoms with E-state index in [0.717, 1.165) is 0 Å². The lowest BCUT2D eigenvalue weighted by atomic mass is 9.86. The van der Waals surface area contributed by atoms with Crippen molar-refractivity contribution in [1.82, 2.24) is 4.57 Å². The Hall–Kier alpha value is -5.66. The van der Waals surface area contributed by atoms with Gasteiger partial charge in [0.2, 0.25) is 0 Å². The van der Waals surface area contributed by atoms with Gasteiger partial charge in [-0.25, -0.2) is 0 Å². The van der Waals surface area contributed by atoms with Gasteiger partial charge in [-0.1, -0.05) is 140 Å². The molecule has 43 heavy (non-hydrogen) atoms. The monoisotopic (exact) mass is 545 g/mol. The van der Waals surface area contributed by atoms with Crippen LogP contribution in [0, 0.1) is 0 Å². The first-order valence-electron chi connectivity index (χ1n) is 14.9. The highest BCUT2D eigenvalue weighted by molar-refractivity contribution is 6.38. The van der Waals surface area contributed by atoms with Crippen LogP contribution in [0.3, 0.4) is 0 Å². The minimum atomic E-state index is 1.18. The summed E-state index contributed by atoms with van der Waals surface area (Å²) < 4.78 is 2.46. The van der Waals surface area contributed by atoms with Crippen LogP contribution >= 0.6 is 0 Å². The topological polar surface area (TPSA) is 4.93 Å². The third-order valence-corrected chi connectivity index (χ3v) is 8.96. The summed E-state index contributed by atoms with van der Waals surface area (Å²) in [6.45, 7) is 0. The molecule has 9 aromatic rings. The Labute approximate surface area is 249 Å². The first kappa shape index (κ1) is 24.0. The Morgan fingerprint density at radius 1 is 0.326 bits per heavy atom. The van der Waals surface area contributed by atoms with Crippen molar-refractivity contribution in [3.63, 3.8) is 0 Å². The number of fused-ring (bicyclic) bond motifs is 10. The molecule has 1 aromatic heterocycles. The average Bonchev–Trinajstić information content (AvgIpc) is 3.44. The second-order valence-electron chi connectivity index (χ2n) is 11.3. The van der Waals surface area contributed by atoms with E-state index in [-0.39, 0.29) is 0 Å². The number of para-hydroxylation sites is 2. The molecule has 0 amide bonds. The van der Waals surface area contributed by atoms with Gasteiger partial charge in [-0.15, -0.1) is 0 Å². The minimum absolute atomic E-state index is 1.18. The molecule has 0 bridgehead atoms. The van der Waals surface area contributed by atoms with Gasteiger partial charge in [-0.3, -0.25) is 0 Å². The molecule has 0 spiro atoms. The van der Waals surface area contributed by atoms with E-state index in [0.29, 0.717) is 0 Å². The highest BCUT2D eigenvalue weighted by Gasteiger charge is 2.22. The highest BCUT2D eigenvalue weighted by Crippen LogP contribution is 2.47. The molecule has 0 radical (unpaired) electrons. The van der Waals surface area contributed by atoms with Crippen LogP contribution in [-0.4, -0.2) is 4.57 Å². The summed E-state index contributed by atoms with van der Waals surface area (Å²) in [6, 6.07) is 59.6. The molecule has 0 aliphatic rings. The third-order valence-electron chi connectivity index (χ3n) is 8.96. The van der Waals surface area contributed by atoms with Crippen LogP contribution < -0.4 is 0 Å². The van der Waals surface area contributed by atoms with Crippen molar-refractivity contribution < 1.29 is 0 Å². The van der Waals surface area contributed by atoms with Crippen LogP contribution in [0.4, 0.5) is 0 Å². The normalized spacial score (nSPS) is 11.7. The van der Waals surface area contributed by atoms with E-state index in [9.17, 15) is 0 Å². The summed E-state index contributed by atoms with van der Waals surface area (Å²) in [7, 11) is 0. The molecule has 9 rings (SSSR count). The third kappa shape index (κ3) is 3.52. The van der Waals surface area contributed by atoms with E-state index in [1.54, 1.807) is 0 Å². The largest absolute Gasteiger partial charge is 0.309 e. The number of benzene rings is 8. The summed E-state index contributed by atoms with van der Waals surface area (Å²) in [4.78, 5) is 0. The SMILES string of the molecule is c1ccc(-c2ccccc2-c2cc3c4ccccc4c4c(c5ccccc5n4-c4ccccc4)c3c3ccccc23)cc1.